The second kappa shape index (κ2) is 8.59. The molecule has 0 saturated heterocycles. The fraction of sp³-hybridized carbons (Fsp3) is 0.889. The molecular formula is C18H34N2. The van der Waals surface area contributed by atoms with Crippen LogP contribution in [0.25, 0.3) is 0 Å². The smallest absolute Gasteiger partial charge is 0.0722 e. The van der Waals surface area contributed by atoms with Crippen LogP contribution < -0.4 is 0 Å². The van der Waals surface area contributed by atoms with Gasteiger partial charge in [0.1, 0.15) is 0 Å². The first kappa shape index (κ1) is 17.4. The molecule has 1 aliphatic carbocycles. The van der Waals surface area contributed by atoms with E-state index in [0.717, 1.165) is 12.8 Å². The molecule has 2 atom stereocenters. The summed E-state index contributed by atoms with van der Waals surface area (Å²) >= 11 is 0. The third-order valence-electron chi connectivity index (χ3n) is 3.87. The molecule has 20 heavy (non-hydrogen) atoms. The van der Waals surface area contributed by atoms with Crippen molar-refractivity contribution in [1.82, 2.24) is 0 Å². The van der Waals surface area contributed by atoms with E-state index in [1.807, 2.05) is 0 Å². The lowest BCUT2D eigenvalue weighted by atomic mass is 9.90. The van der Waals surface area contributed by atoms with Gasteiger partial charge in [-0.25, -0.2) is 0 Å². The summed E-state index contributed by atoms with van der Waals surface area (Å²) in [5.74, 6) is 1.40. The molecule has 1 saturated carbocycles. The van der Waals surface area contributed by atoms with Crippen LogP contribution in [-0.4, -0.2) is 23.5 Å². The Balaban J connectivity index is 2.71. The molecule has 2 nitrogen and oxygen atoms in total. The van der Waals surface area contributed by atoms with Crippen LogP contribution in [0.5, 0.6) is 0 Å². The summed E-state index contributed by atoms with van der Waals surface area (Å²) in [6.45, 7) is 13.4. The van der Waals surface area contributed by atoms with Crippen molar-refractivity contribution in [2.24, 2.45) is 21.8 Å². The Kier molecular flexibility index (Phi) is 7.47. The maximum atomic E-state index is 5.00. The lowest BCUT2D eigenvalue weighted by molar-refractivity contribution is 0.386. The van der Waals surface area contributed by atoms with Gasteiger partial charge in [-0.05, 0) is 51.4 Å². The average Bonchev–Trinajstić information content (AvgIpc) is 2.29. The van der Waals surface area contributed by atoms with Crippen molar-refractivity contribution < 1.29 is 0 Å². The predicted molar refractivity (Wildman–Crippen MR) is 91.2 cm³/mol. The van der Waals surface area contributed by atoms with E-state index < -0.39 is 0 Å². The van der Waals surface area contributed by atoms with Crippen molar-refractivity contribution in [3.63, 3.8) is 0 Å². The summed E-state index contributed by atoms with van der Waals surface area (Å²) in [6.07, 6.45) is 7.32. The van der Waals surface area contributed by atoms with Gasteiger partial charge in [-0.15, -0.1) is 0 Å². The highest BCUT2D eigenvalue weighted by Crippen LogP contribution is 2.25. The van der Waals surface area contributed by atoms with Crippen molar-refractivity contribution in [2.75, 3.05) is 0 Å². The van der Waals surface area contributed by atoms with Crippen molar-refractivity contribution >= 4 is 11.4 Å². The van der Waals surface area contributed by atoms with E-state index in [0.29, 0.717) is 23.9 Å². The van der Waals surface area contributed by atoms with Gasteiger partial charge in [0.05, 0.1) is 12.1 Å². The Morgan fingerprint density at radius 3 is 1.45 bits per heavy atom. The SMILES string of the molecule is C/C(CC(C)C)=N/C1CCCCC1/N=C(/C)CC(C)C. The molecule has 0 aromatic heterocycles. The molecule has 0 heterocycles. The highest BCUT2D eigenvalue weighted by molar-refractivity contribution is 5.83. The zero-order chi connectivity index (χ0) is 15.1. The van der Waals surface area contributed by atoms with Gasteiger partial charge >= 0.3 is 0 Å². The first-order valence-corrected chi connectivity index (χ1v) is 8.45. The van der Waals surface area contributed by atoms with Crippen molar-refractivity contribution in [1.29, 1.82) is 0 Å². The summed E-state index contributed by atoms with van der Waals surface area (Å²) in [5, 5.41) is 0. The largest absolute Gasteiger partial charge is 0.289 e. The highest BCUT2D eigenvalue weighted by Gasteiger charge is 2.24. The van der Waals surface area contributed by atoms with Gasteiger partial charge in [0.25, 0.3) is 0 Å². The number of rotatable bonds is 6. The summed E-state index contributed by atoms with van der Waals surface area (Å²) in [6, 6.07) is 0.870. The second-order valence-electron chi connectivity index (χ2n) is 7.34. The van der Waals surface area contributed by atoms with Gasteiger partial charge in [0, 0.05) is 11.4 Å². The summed E-state index contributed by atoms with van der Waals surface area (Å²) < 4.78 is 0. The number of aliphatic imine (C=N–C) groups is 2. The van der Waals surface area contributed by atoms with Crippen LogP contribution in [0.4, 0.5) is 0 Å². The Bertz CT molecular complexity index is 305. The molecule has 0 N–H and O–H groups in total. The fourth-order valence-electron chi connectivity index (χ4n) is 3.25. The Morgan fingerprint density at radius 1 is 0.800 bits per heavy atom. The van der Waals surface area contributed by atoms with E-state index in [9.17, 15) is 0 Å². The van der Waals surface area contributed by atoms with Gasteiger partial charge in [0.15, 0.2) is 0 Å². The van der Waals surface area contributed by atoms with E-state index in [1.54, 1.807) is 0 Å². The van der Waals surface area contributed by atoms with Crippen LogP contribution in [0.15, 0.2) is 9.98 Å². The third-order valence-corrected chi connectivity index (χ3v) is 3.87. The molecule has 1 fully saturated rings. The normalized spacial score (nSPS) is 25.6. The number of hydrogen-bond donors (Lipinski definition) is 0. The minimum Gasteiger partial charge on any atom is -0.289 e. The quantitative estimate of drug-likeness (QED) is 0.588. The number of hydrogen-bond acceptors (Lipinski definition) is 2. The van der Waals surface area contributed by atoms with Crippen molar-refractivity contribution in [3.8, 4) is 0 Å². The topological polar surface area (TPSA) is 24.7 Å². The van der Waals surface area contributed by atoms with Crippen molar-refractivity contribution in [2.45, 2.75) is 92.2 Å². The molecule has 2 unspecified atom stereocenters. The minimum absolute atomic E-state index is 0.435. The lowest BCUT2D eigenvalue weighted by Gasteiger charge is -2.27. The predicted octanol–water partition coefficient (Wildman–Crippen LogP) is 5.31. The maximum absolute atomic E-state index is 5.00. The van der Waals surface area contributed by atoms with Crippen LogP contribution in [0.1, 0.15) is 80.1 Å². The second-order valence-corrected chi connectivity index (χ2v) is 7.34. The fourth-order valence-corrected chi connectivity index (χ4v) is 3.25. The van der Waals surface area contributed by atoms with E-state index >= 15 is 0 Å². The number of nitrogens with zero attached hydrogens (tertiary/aromatic N) is 2. The van der Waals surface area contributed by atoms with E-state index in [2.05, 4.69) is 41.5 Å². The zero-order valence-corrected chi connectivity index (χ0v) is 14.4. The first-order chi connectivity index (χ1) is 9.38. The van der Waals surface area contributed by atoms with Gasteiger partial charge in [-0.3, -0.25) is 9.98 Å². The van der Waals surface area contributed by atoms with Crippen molar-refractivity contribution in [3.05, 3.63) is 0 Å². The molecule has 2 heteroatoms. The Morgan fingerprint density at radius 2 is 1.15 bits per heavy atom. The molecule has 0 aromatic rings. The van der Waals surface area contributed by atoms with Gasteiger partial charge < -0.3 is 0 Å². The molecule has 0 bridgehead atoms. The molecule has 0 aromatic carbocycles. The molecule has 0 aliphatic heterocycles. The van der Waals surface area contributed by atoms with Crippen LogP contribution in [0.2, 0.25) is 0 Å². The molecule has 1 aliphatic rings. The van der Waals surface area contributed by atoms with Crippen LogP contribution in [-0.2, 0) is 0 Å². The summed E-state index contributed by atoms with van der Waals surface area (Å²) in [4.78, 5) is 10.00. The Hall–Kier alpha value is -0.660. The third kappa shape index (κ3) is 6.67. The molecular weight excluding hydrogens is 244 g/mol. The molecule has 0 amide bonds. The minimum atomic E-state index is 0.435. The summed E-state index contributed by atoms with van der Waals surface area (Å²) in [5.41, 5.74) is 2.63. The van der Waals surface area contributed by atoms with Gasteiger partial charge in [-0.2, -0.15) is 0 Å². The highest BCUT2D eigenvalue weighted by atomic mass is 14.9. The lowest BCUT2D eigenvalue weighted by Crippen LogP contribution is -2.29. The molecule has 0 spiro atoms. The maximum Gasteiger partial charge on any atom is 0.0722 e. The van der Waals surface area contributed by atoms with E-state index in [-0.39, 0.29) is 0 Å². The standard InChI is InChI=1S/C18H34N2/c1-13(2)11-15(5)19-17-9-7-8-10-18(17)20-16(6)12-14(3)4/h13-14,17-18H,7-12H2,1-6H3/b19-15-,20-16-. The van der Waals surface area contributed by atoms with Crippen LogP contribution in [0, 0.1) is 11.8 Å². The average molecular weight is 278 g/mol. The first-order valence-electron chi connectivity index (χ1n) is 8.45. The Labute approximate surface area is 126 Å². The molecule has 116 valence electrons. The van der Waals surface area contributed by atoms with Crippen LogP contribution >= 0.6 is 0 Å². The van der Waals surface area contributed by atoms with E-state index in [1.165, 1.54) is 37.1 Å². The monoisotopic (exact) mass is 278 g/mol. The molecule has 1 rings (SSSR count). The van der Waals surface area contributed by atoms with E-state index in [4.69, 9.17) is 9.98 Å². The zero-order valence-electron chi connectivity index (χ0n) is 14.4. The van der Waals surface area contributed by atoms with Gasteiger partial charge in [0.2, 0.25) is 0 Å². The summed E-state index contributed by atoms with van der Waals surface area (Å²) in [7, 11) is 0. The van der Waals surface area contributed by atoms with Crippen LogP contribution in [0.3, 0.4) is 0 Å². The van der Waals surface area contributed by atoms with Gasteiger partial charge in [-0.1, -0.05) is 40.5 Å². The molecule has 0 radical (unpaired) electrons.